The Balaban J connectivity index is 1.41. The third-order valence-corrected chi connectivity index (χ3v) is 10.3. The fourth-order valence-electron chi connectivity index (χ4n) is 6.45. The molecule has 0 aliphatic carbocycles. The summed E-state index contributed by atoms with van der Waals surface area (Å²) in [6.45, 7) is 17.6. The van der Waals surface area contributed by atoms with Crippen LogP contribution in [-0.2, 0) is 55.2 Å². The van der Waals surface area contributed by atoms with E-state index in [0.29, 0.717) is 10.4 Å². The summed E-state index contributed by atoms with van der Waals surface area (Å²) in [5.74, 6) is -2.77. The number of fused-ring (bicyclic) bond motifs is 1. The van der Waals surface area contributed by atoms with Crippen LogP contribution >= 0.6 is 11.3 Å². The van der Waals surface area contributed by atoms with Crippen LogP contribution in [-0.4, -0.2) is 134 Å². The van der Waals surface area contributed by atoms with Crippen molar-refractivity contribution in [1.29, 1.82) is 0 Å². The van der Waals surface area contributed by atoms with Gasteiger partial charge in [-0.2, -0.15) is 18.2 Å². The number of anilines is 1. The zero-order valence-corrected chi connectivity index (χ0v) is 39.2. The number of β-amino-alcohol motifs (C(OH)–C–C–N with tert-alkyl or cyclic N) is 1. The van der Waals surface area contributed by atoms with E-state index in [0.717, 1.165) is 16.9 Å². The molecule has 0 spiro atoms. The molecule has 2 aliphatic heterocycles. The van der Waals surface area contributed by atoms with Gasteiger partial charge in [0.05, 0.1) is 36.3 Å². The number of thiazole rings is 1. The Morgan fingerprint density at radius 1 is 1.02 bits per heavy atom. The van der Waals surface area contributed by atoms with Gasteiger partial charge in [0.2, 0.25) is 5.52 Å². The number of hydrogen-bond acceptors (Lipinski definition) is 17. The molecule has 64 heavy (non-hydrogen) atoms. The average Bonchev–Trinajstić information content (AvgIpc) is 3.84. The van der Waals surface area contributed by atoms with E-state index in [1.165, 1.54) is 24.1 Å². The smallest absolute Gasteiger partial charge is 0.418 e. The van der Waals surface area contributed by atoms with Gasteiger partial charge in [0.1, 0.15) is 46.9 Å². The Hall–Kier alpha value is -5.63. The summed E-state index contributed by atoms with van der Waals surface area (Å²) in [6, 6.07) is 3.17. The first-order chi connectivity index (χ1) is 29.3. The highest BCUT2D eigenvalue weighted by molar-refractivity contribution is 7.80. The number of oxime groups is 1. The normalized spacial score (nSPS) is 19.8. The van der Waals surface area contributed by atoms with Gasteiger partial charge in [-0.15, -0.1) is 20.3 Å². The number of β-lactam (4-membered cyclic amide) rings is 1. The lowest BCUT2D eigenvalue weighted by molar-refractivity contribution is -0.733. The molecule has 2 aromatic heterocycles. The van der Waals surface area contributed by atoms with Crippen LogP contribution in [0.3, 0.4) is 0 Å². The number of hydroxylamine groups is 2. The minimum atomic E-state index is -5.10. The van der Waals surface area contributed by atoms with Crippen LogP contribution in [0.2, 0.25) is 0 Å². The van der Waals surface area contributed by atoms with Crippen molar-refractivity contribution >= 4 is 73.5 Å². The number of hydrogen-bond donors (Lipinski definition) is 4. The summed E-state index contributed by atoms with van der Waals surface area (Å²) in [4.78, 5) is 77.0. The monoisotopic (exact) mass is 939 g/mol. The molecule has 2 saturated heterocycles. The van der Waals surface area contributed by atoms with Gasteiger partial charge >= 0.3 is 28.6 Å². The van der Waals surface area contributed by atoms with Crippen LogP contribution in [0.5, 0.6) is 5.75 Å². The number of carbonyl (C=O) groups excluding carboxylic acids is 5. The van der Waals surface area contributed by atoms with Crippen molar-refractivity contribution in [1.82, 2.24) is 24.9 Å². The second-order valence-electron chi connectivity index (χ2n) is 18.5. The Bertz CT molecular complexity index is 2430. The summed E-state index contributed by atoms with van der Waals surface area (Å²) < 4.78 is 62.3. The summed E-state index contributed by atoms with van der Waals surface area (Å²) >= 11 is 0.880. The molecule has 2 aliphatic rings. The van der Waals surface area contributed by atoms with Crippen molar-refractivity contribution in [3.05, 3.63) is 35.5 Å². The predicted molar refractivity (Wildman–Crippen MR) is 226 cm³/mol. The second kappa shape index (κ2) is 18.1. The molecular formula is C39H55N8O15S2+. The molecule has 4 atom stereocenters. The molecule has 5 rings (SSSR count). The minimum absolute atomic E-state index is 0.0232. The minimum Gasteiger partial charge on any atom is -0.489 e. The van der Waals surface area contributed by atoms with E-state index >= 15 is 0 Å². The van der Waals surface area contributed by atoms with Gasteiger partial charge in [0.15, 0.2) is 17.9 Å². The molecule has 25 heteroatoms. The van der Waals surface area contributed by atoms with Crippen molar-refractivity contribution in [2.75, 3.05) is 25.0 Å². The van der Waals surface area contributed by atoms with Crippen molar-refractivity contribution in [2.45, 2.75) is 123 Å². The number of aliphatic hydroxyl groups excluding tert-OH is 1. The Morgan fingerprint density at radius 3 is 2.25 bits per heavy atom. The number of likely N-dealkylation sites (tertiary alicyclic amines) is 1. The highest BCUT2D eigenvalue weighted by atomic mass is 32.3. The molecule has 23 nitrogen and oxygen atoms in total. The summed E-state index contributed by atoms with van der Waals surface area (Å²) in [7, 11) is -3.30. The number of rotatable bonds is 13. The van der Waals surface area contributed by atoms with Gasteiger partial charge in [-0.05, 0) is 88.3 Å². The van der Waals surface area contributed by atoms with E-state index in [1.807, 2.05) is 9.36 Å². The molecule has 4 amide bonds. The Kier molecular flexibility index (Phi) is 14.0. The third-order valence-electron chi connectivity index (χ3n) is 9.25. The number of nitrogens with zero attached hydrogens (tertiary/aromatic N) is 6. The maximum absolute atomic E-state index is 13.9. The first kappa shape index (κ1) is 49.4. The number of ether oxygens (including phenoxy) is 4. The lowest BCUT2D eigenvalue weighted by atomic mass is 9.84. The van der Waals surface area contributed by atoms with Crippen molar-refractivity contribution in [3.63, 3.8) is 0 Å². The third kappa shape index (κ3) is 12.3. The van der Waals surface area contributed by atoms with Crippen LogP contribution in [0.1, 0.15) is 87.9 Å². The van der Waals surface area contributed by atoms with Crippen LogP contribution in [0, 0.1) is 0 Å². The van der Waals surface area contributed by atoms with Gasteiger partial charge in [0.25, 0.3) is 17.9 Å². The number of esters is 1. The molecule has 1 aromatic carbocycles. The van der Waals surface area contributed by atoms with Crippen LogP contribution in [0.4, 0.5) is 14.7 Å². The Labute approximate surface area is 373 Å². The largest absolute Gasteiger partial charge is 0.489 e. The highest BCUT2D eigenvalue weighted by Crippen LogP contribution is 2.33. The number of nitrogens with one attached hydrogen (secondary N) is 2. The lowest BCUT2D eigenvalue weighted by Crippen LogP contribution is -2.76. The Morgan fingerprint density at radius 2 is 1.66 bits per heavy atom. The van der Waals surface area contributed by atoms with E-state index in [2.05, 4.69) is 25.1 Å². The number of aryl methyl sites for hydroxylation is 1. The van der Waals surface area contributed by atoms with E-state index in [1.54, 1.807) is 93.8 Å². The van der Waals surface area contributed by atoms with E-state index in [4.69, 9.17) is 28.3 Å². The second-order valence-corrected chi connectivity index (χ2v) is 20.4. The van der Waals surface area contributed by atoms with E-state index in [9.17, 15) is 37.5 Å². The maximum Gasteiger partial charge on any atom is 0.418 e. The molecule has 0 bridgehead atoms. The topological polar surface area (TPSA) is 280 Å². The SMILES string of the molecule is C[n+]1c2ccc(OC[C@H](O/N=C(\C(=O)N[C@@H]3C(=O)N(OS(=O)(=O)O)C3(C)C)c3csc(NC(=O)OC(C)(C)C)n3)C(=O)OC(C)(C)C)cc2cn1[C@@H]1CN(C(=O)OC(C)(C)C)C[C@@H]1O. The van der Waals surface area contributed by atoms with Crippen molar-refractivity contribution in [2.24, 2.45) is 12.2 Å². The zero-order valence-electron chi connectivity index (χ0n) is 37.5. The fraction of sp³-hybridized carbons (Fsp3) is 0.590. The average molecular weight is 940 g/mol. The predicted octanol–water partition coefficient (Wildman–Crippen LogP) is 2.77. The molecule has 0 radical (unpaired) electrons. The number of carbonyl (C=O) groups is 5. The lowest BCUT2D eigenvalue weighted by Gasteiger charge is -2.50. The number of benzene rings is 1. The van der Waals surface area contributed by atoms with Crippen LogP contribution < -0.4 is 20.1 Å². The van der Waals surface area contributed by atoms with Gasteiger partial charge in [0, 0.05) is 11.4 Å². The number of aromatic nitrogens is 3. The number of amides is 4. The molecule has 0 unspecified atom stereocenters. The molecule has 4 N–H and O–H groups in total. The zero-order chi connectivity index (χ0) is 47.9. The molecular weight excluding hydrogens is 885 g/mol. The standard InChI is InChI=1S/C39H54N8O15S2/c1-36(2,3)58-32(51)27(19-57-22-13-14-24-21(15-22)16-46(44(24)12)25-17-45(18-26(25)48)35(53)60-38(7,8)9)61-43-28(23-20-63-33(40-23)42-34(52)59-37(4,5)6)30(49)41-29-31(50)47(39(29,10)11)62-64(54,55)56/h13-16,20,25-27,29,48H,17-19H2,1-12H3,(H2-,40,41,42,49,52,54,55,56)/p+1/b43-28-/t25-,26+,27+,29-/m1/s1. The summed E-state index contributed by atoms with van der Waals surface area (Å²) in [5, 5.41) is 22.2. The van der Waals surface area contributed by atoms with E-state index in [-0.39, 0.29) is 29.7 Å². The van der Waals surface area contributed by atoms with Crippen LogP contribution in [0.25, 0.3) is 10.9 Å². The molecule has 3 aromatic rings. The summed E-state index contributed by atoms with van der Waals surface area (Å²) in [5.41, 5.74) is -4.10. The molecule has 4 heterocycles. The molecule has 2 fully saturated rings. The van der Waals surface area contributed by atoms with Gasteiger partial charge in [-0.25, -0.2) is 19.4 Å². The maximum atomic E-state index is 13.9. The van der Waals surface area contributed by atoms with Crippen molar-refractivity contribution in [3.8, 4) is 5.75 Å². The molecule has 352 valence electrons. The first-order valence-electron chi connectivity index (χ1n) is 19.9. The van der Waals surface area contributed by atoms with Crippen LogP contribution in [0.15, 0.2) is 34.9 Å². The van der Waals surface area contributed by atoms with Crippen molar-refractivity contribution < 1.29 is 74.8 Å². The quantitative estimate of drug-likeness (QED) is 0.0365. The van der Waals surface area contributed by atoms with Gasteiger partial charge in [-0.3, -0.25) is 19.5 Å². The van der Waals surface area contributed by atoms with Gasteiger partial charge in [-0.1, -0.05) is 5.16 Å². The fourth-order valence-corrected chi connectivity index (χ4v) is 7.58. The number of aliphatic hydroxyl groups is 1. The van der Waals surface area contributed by atoms with Gasteiger partial charge < -0.3 is 39.1 Å². The molecule has 0 saturated carbocycles. The van der Waals surface area contributed by atoms with E-state index < -0.39 is 99.3 Å². The highest BCUT2D eigenvalue weighted by Gasteiger charge is 2.58. The summed E-state index contributed by atoms with van der Waals surface area (Å²) in [6.07, 6.45) is -2.10. The first-order valence-corrected chi connectivity index (χ1v) is 22.1.